The molecule has 3 rings (SSSR count). The first kappa shape index (κ1) is 16.3. The summed E-state index contributed by atoms with van der Waals surface area (Å²) in [6.45, 7) is 0. The van der Waals surface area contributed by atoms with E-state index in [1.54, 1.807) is 0 Å². The summed E-state index contributed by atoms with van der Waals surface area (Å²) in [5.41, 5.74) is 1.05. The van der Waals surface area contributed by atoms with Gasteiger partial charge in [0.25, 0.3) is 5.82 Å². The molecule has 0 radical (unpaired) electrons. The Bertz CT molecular complexity index is 843. The molecule has 0 bridgehead atoms. The number of nitrogen functional groups attached to an aromatic ring is 1. The molecule has 0 atom stereocenters. The molecular weight excluding hydrogens is 350 g/mol. The third kappa shape index (κ3) is 3.35. The van der Waals surface area contributed by atoms with Crippen molar-refractivity contribution in [3.8, 4) is 11.5 Å². The van der Waals surface area contributed by atoms with Crippen molar-refractivity contribution in [2.24, 2.45) is 0 Å². The maximum Gasteiger partial charge on any atom is 0.453 e. The van der Waals surface area contributed by atoms with Gasteiger partial charge in [0.15, 0.2) is 0 Å². The lowest BCUT2D eigenvalue weighted by Crippen LogP contribution is -2.21. The van der Waals surface area contributed by atoms with Crippen molar-refractivity contribution in [3.05, 3.63) is 47.9 Å². The predicted octanol–water partition coefficient (Wildman–Crippen LogP) is 3.10. The van der Waals surface area contributed by atoms with Gasteiger partial charge < -0.3 is 10.3 Å². The van der Waals surface area contributed by atoms with Gasteiger partial charge in [-0.25, -0.2) is 14.1 Å². The van der Waals surface area contributed by atoms with Crippen LogP contribution in [0.4, 0.5) is 17.6 Å². The molecule has 6 nitrogen and oxygen atoms in total. The van der Waals surface area contributed by atoms with Crippen molar-refractivity contribution >= 4 is 11.8 Å². The smallest absolute Gasteiger partial charge is 0.444 e. The number of benzene rings is 1. The maximum atomic E-state index is 12.9. The highest BCUT2D eigenvalue weighted by molar-refractivity contribution is 7.98. The van der Waals surface area contributed by atoms with Gasteiger partial charge in [0.2, 0.25) is 11.0 Å². The van der Waals surface area contributed by atoms with Gasteiger partial charge in [-0.15, -0.1) is 10.2 Å². The van der Waals surface area contributed by atoms with Crippen molar-refractivity contribution in [2.75, 3.05) is 5.84 Å². The van der Waals surface area contributed by atoms with Crippen LogP contribution in [0, 0.1) is 5.82 Å². The average Bonchev–Trinajstić information content (AvgIpc) is 3.12. The fourth-order valence-electron chi connectivity index (χ4n) is 1.81. The van der Waals surface area contributed by atoms with E-state index < -0.39 is 12.0 Å². The Kier molecular flexibility index (Phi) is 4.18. The van der Waals surface area contributed by atoms with E-state index in [0.717, 1.165) is 11.8 Å². The number of hydrogen-bond acceptors (Lipinski definition) is 6. The molecule has 2 N–H and O–H groups in total. The number of halogens is 4. The molecule has 24 heavy (non-hydrogen) atoms. The number of thioether (sulfide) groups is 1. The zero-order chi connectivity index (χ0) is 17.3. The van der Waals surface area contributed by atoms with Crippen LogP contribution in [0.2, 0.25) is 0 Å². The van der Waals surface area contributed by atoms with E-state index in [-0.39, 0.29) is 22.6 Å². The molecule has 0 spiro atoms. The summed E-state index contributed by atoms with van der Waals surface area (Å²) in [5.74, 6) is 4.12. The fourth-order valence-corrected chi connectivity index (χ4v) is 2.54. The highest BCUT2D eigenvalue weighted by Gasteiger charge is 2.38. The summed E-state index contributed by atoms with van der Waals surface area (Å²) in [7, 11) is 0. The lowest BCUT2D eigenvalue weighted by atomic mass is 10.2. The normalized spacial score (nSPS) is 11.8. The molecule has 2 aromatic heterocycles. The summed E-state index contributed by atoms with van der Waals surface area (Å²) in [4.78, 5) is 4.18. The van der Waals surface area contributed by atoms with E-state index in [0.29, 0.717) is 15.9 Å². The van der Waals surface area contributed by atoms with Crippen molar-refractivity contribution in [3.63, 3.8) is 0 Å². The molecule has 0 unspecified atom stereocenters. The van der Waals surface area contributed by atoms with Crippen LogP contribution in [0.25, 0.3) is 11.5 Å². The van der Waals surface area contributed by atoms with Crippen LogP contribution in [0.5, 0.6) is 0 Å². The average molecular weight is 359 g/mol. The van der Waals surface area contributed by atoms with Crippen molar-refractivity contribution in [2.45, 2.75) is 17.1 Å². The third-order valence-corrected chi connectivity index (χ3v) is 3.89. The van der Waals surface area contributed by atoms with Crippen LogP contribution in [-0.2, 0) is 11.9 Å². The molecule has 126 valence electrons. The molecule has 1 aromatic carbocycles. The summed E-state index contributed by atoms with van der Waals surface area (Å²) in [6, 6.07) is 5.54. The second-order valence-corrected chi connectivity index (χ2v) is 5.56. The number of alkyl halides is 3. The monoisotopic (exact) mass is 359 g/mol. The minimum Gasteiger partial charge on any atom is -0.444 e. The summed E-state index contributed by atoms with van der Waals surface area (Å²) in [5, 5.41) is 6.32. The minimum atomic E-state index is -4.68. The Morgan fingerprint density at radius 2 is 1.88 bits per heavy atom. The maximum absolute atomic E-state index is 12.9. The lowest BCUT2D eigenvalue weighted by Gasteiger charge is -2.05. The first-order valence-electron chi connectivity index (χ1n) is 6.45. The van der Waals surface area contributed by atoms with Gasteiger partial charge in [0.05, 0.1) is 5.69 Å². The molecule has 0 fully saturated rings. The first-order valence-corrected chi connectivity index (χ1v) is 7.44. The molecule has 0 aliphatic rings. The molecule has 0 saturated heterocycles. The standard InChI is InChI=1S/C13H9F4N5OS/c14-8-3-1-7(2-4-8)10-19-9(5-23-10)6-24-12-21-20-11(22(12)18)13(15,16)17/h1-5H,6,18H2. The first-order chi connectivity index (χ1) is 11.3. The molecule has 0 aliphatic heterocycles. The van der Waals surface area contributed by atoms with Crippen LogP contribution >= 0.6 is 11.8 Å². The van der Waals surface area contributed by atoms with Gasteiger partial charge in [-0.2, -0.15) is 13.2 Å². The number of rotatable bonds is 4. The lowest BCUT2D eigenvalue weighted by molar-refractivity contribution is -0.146. The largest absolute Gasteiger partial charge is 0.453 e. The summed E-state index contributed by atoms with van der Waals surface area (Å²) < 4.78 is 56.3. The predicted molar refractivity (Wildman–Crippen MR) is 76.6 cm³/mol. The minimum absolute atomic E-state index is 0.103. The van der Waals surface area contributed by atoms with Gasteiger partial charge in [-0.1, -0.05) is 11.8 Å². The van der Waals surface area contributed by atoms with E-state index in [4.69, 9.17) is 10.3 Å². The Hall–Kier alpha value is -2.56. The van der Waals surface area contributed by atoms with E-state index in [1.807, 2.05) is 0 Å². The SMILES string of the molecule is Nn1c(SCc2coc(-c3ccc(F)cc3)n2)nnc1C(F)(F)F. The van der Waals surface area contributed by atoms with E-state index in [2.05, 4.69) is 15.2 Å². The molecule has 0 aliphatic carbocycles. The van der Waals surface area contributed by atoms with E-state index >= 15 is 0 Å². The van der Waals surface area contributed by atoms with Crippen LogP contribution < -0.4 is 5.84 Å². The van der Waals surface area contributed by atoms with Crippen LogP contribution in [0.15, 0.2) is 40.1 Å². The van der Waals surface area contributed by atoms with Crippen molar-refractivity contribution in [1.82, 2.24) is 19.9 Å². The molecule has 2 heterocycles. The summed E-state index contributed by atoms with van der Waals surface area (Å²) >= 11 is 0.930. The number of nitrogens with zero attached hydrogens (tertiary/aromatic N) is 4. The molecule has 0 amide bonds. The van der Waals surface area contributed by atoms with Crippen molar-refractivity contribution in [1.29, 1.82) is 0 Å². The van der Waals surface area contributed by atoms with Gasteiger partial charge in [-0.05, 0) is 24.3 Å². The third-order valence-electron chi connectivity index (χ3n) is 2.91. The Morgan fingerprint density at radius 3 is 2.50 bits per heavy atom. The Balaban J connectivity index is 1.70. The van der Waals surface area contributed by atoms with Crippen molar-refractivity contribution < 1.29 is 22.0 Å². The highest BCUT2D eigenvalue weighted by Crippen LogP contribution is 2.30. The second-order valence-electron chi connectivity index (χ2n) is 4.61. The number of oxazole rings is 1. The van der Waals surface area contributed by atoms with Crippen LogP contribution in [0.1, 0.15) is 11.5 Å². The zero-order valence-electron chi connectivity index (χ0n) is 11.8. The quantitative estimate of drug-likeness (QED) is 0.438. The number of hydrogen-bond donors (Lipinski definition) is 1. The molecule has 3 aromatic rings. The fraction of sp³-hybridized carbons (Fsp3) is 0.154. The molecular formula is C13H9F4N5OS. The Morgan fingerprint density at radius 1 is 1.17 bits per heavy atom. The van der Waals surface area contributed by atoms with Gasteiger partial charge in [0, 0.05) is 11.3 Å². The second kappa shape index (κ2) is 6.15. The van der Waals surface area contributed by atoms with E-state index in [1.165, 1.54) is 30.5 Å². The molecule has 0 saturated carbocycles. The van der Waals surface area contributed by atoms with Gasteiger partial charge in [-0.3, -0.25) is 0 Å². The van der Waals surface area contributed by atoms with Gasteiger partial charge in [0.1, 0.15) is 12.1 Å². The topological polar surface area (TPSA) is 82.8 Å². The summed E-state index contributed by atoms with van der Waals surface area (Å²) in [6.07, 6.45) is -3.32. The van der Waals surface area contributed by atoms with E-state index in [9.17, 15) is 17.6 Å². The van der Waals surface area contributed by atoms with Gasteiger partial charge >= 0.3 is 6.18 Å². The Labute approximate surface area is 136 Å². The number of nitrogens with two attached hydrogens (primary N) is 1. The van der Waals surface area contributed by atoms with Crippen LogP contribution in [0.3, 0.4) is 0 Å². The van der Waals surface area contributed by atoms with Crippen LogP contribution in [-0.4, -0.2) is 19.9 Å². The molecule has 11 heteroatoms. The number of aromatic nitrogens is 4. The zero-order valence-corrected chi connectivity index (χ0v) is 12.6. The highest BCUT2D eigenvalue weighted by atomic mass is 32.2.